The Kier molecular flexibility index (Phi) is 8.26. The predicted molar refractivity (Wildman–Crippen MR) is 146 cm³/mol. The van der Waals surface area contributed by atoms with Crippen LogP contribution in [0.25, 0.3) is 11.0 Å². The van der Waals surface area contributed by atoms with Crippen molar-refractivity contribution in [3.63, 3.8) is 0 Å². The van der Waals surface area contributed by atoms with Crippen molar-refractivity contribution in [2.24, 2.45) is 0 Å². The first-order valence-electron chi connectivity index (χ1n) is 12.8. The Balaban J connectivity index is 1.41. The number of carbonyl (C=O) groups is 3. The summed E-state index contributed by atoms with van der Waals surface area (Å²) in [5.41, 5.74) is 1.87. The molecular formula is C28H34ClN5O4. The highest BCUT2D eigenvalue weighted by Crippen LogP contribution is 2.32. The molecule has 0 unspecified atom stereocenters. The number of benzene rings is 1. The number of piperidine rings is 1. The summed E-state index contributed by atoms with van der Waals surface area (Å²) in [5.74, 6) is -0.628. The number of aromatic nitrogens is 2. The number of ether oxygens (including phenoxy) is 1. The van der Waals surface area contributed by atoms with Crippen molar-refractivity contribution < 1.29 is 19.1 Å². The molecule has 1 aliphatic rings. The van der Waals surface area contributed by atoms with E-state index >= 15 is 0 Å². The monoisotopic (exact) mass is 539 g/mol. The number of H-pyrrole nitrogens is 1. The van der Waals surface area contributed by atoms with Gasteiger partial charge in [-0.3, -0.25) is 14.5 Å². The standard InChI is InChI=1S/C28H34ClN5O4/c1-17(25(35)32-15-18-12-21-22(29)16-31-24(21)30-14-18)33-26(36)23-13-20(19-8-6-5-7-9-19)10-11-34(23)27(37)38-28(2,3)4/h5-9,12,14,16-17,20,23H,10-11,13,15H2,1-4H3,(H,30,31)(H,32,35)(H,33,36)/t17-,20-,23+/m0/s1. The second-order valence-electron chi connectivity index (χ2n) is 10.6. The van der Waals surface area contributed by atoms with Crippen molar-refractivity contribution in [3.8, 4) is 0 Å². The van der Waals surface area contributed by atoms with Crippen LogP contribution < -0.4 is 10.6 Å². The molecule has 202 valence electrons. The third kappa shape index (κ3) is 6.64. The van der Waals surface area contributed by atoms with Crippen LogP contribution in [0.1, 0.15) is 57.6 Å². The molecule has 2 aromatic heterocycles. The van der Waals surface area contributed by atoms with Gasteiger partial charge >= 0.3 is 6.09 Å². The normalized spacial score (nSPS) is 18.6. The lowest BCUT2D eigenvalue weighted by molar-refractivity contribution is -0.132. The van der Waals surface area contributed by atoms with Gasteiger partial charge in [-0.2, -0.15) is 0 Å². The second kappa shape index (κ2) is 11.4. The maximum Gasteiger partial charge on any atom is 0.410 e. The molecule has 3 atom stereocenters. The first kappa shape index (κ1) is 27.4. The van der Waals surface area contributed by atoms with Gasteiger partial charge in [-0.05, 0) is 63.6 Å². The Hall–Kier alpha value is -3.59. The van der Waals surface area contributed by atoms with Gasteiger partial charge in [-0.15, -0.1) is 0 Å². The van der Waals surface area contributed by atoms with Gasteiger partial charge < -0.3 is 20.4 Å². The number of rotatable bonds is 6. The molecule has 3 amide bonds. The fourth-order valence-electron chi connectivity index (χ4n) is 4.61. The molecule has 0 bridgehead atoms. The summed E-state index contributed by atoms with van der Waals surface area (Å²) >= 11 is 6.16. The van der Waals surface area contributed by atoms with Crippen LogP contribution in [0.4, 0.5) is 4.79 Å². The van der Waals surface area contributed by atoms with Crippen LogP contribution >= 0.6 is 11.6 Å². The number of fused-ring (bicyclic) bond motifs is 1. The van der Waals surface area contributed by atoms with Crippen LogP contribution in [-0.2, 0) is 20.9 Å². The maximum atomic E-state index is 13.4. The van der Waals surface area contributed by atoms with E-state index < -0.39 is 23.8 Å². The van der Waals surface area contributed by atoms with E-state index in [2.05, 4.69) is 20.6 Å². The van der Waals surface area contributed by atoms with Gasteiger partial charge in [-0.25, -0.2) is 9.78 Å². The van der Waals surface area contributed by atoms with E-state index in [1.54, 1.807) is 40.1 Å². The van der Waals surface area contributed by atoms with E-state index in [4.69, 9.17) is 16.3 Å². The lowest BCUT2D eigenvalue weighted by Gasteiger charge is -2.39. The van der Waals surface area contributed by atoms with Crippen LogP contribution in [0.3, 0.4) is 0 Å². The number of nitrogens with one attached hydrogen (secondary N) is 3. The van der Waals surface area contributed by atoms with E-state index in [1.165, 1.54) is 4.90 Å². The highest BCUT2D eigenvalue weighted by Gasteiger charge is 2.39. The topological polar surface area (TPSA) is 116 Å². The Morgan fingerprint density at radius 2 is 1.97 bits per heavy atom. The molecule has 3 aromatic rings. The fourth-order valence-corrected chi connectivity index (χ4v) is 4.81. The third-order valence-electron chi connectivity index (χ3n) is 6.56. The molecule has 0 radical (unpaired) electrons. The Bertz CT molecular complexity index is 1300. The highest BCUT2D eigenvalue weighted by atomic mass is 35.5. The number of hydrogen-bond acceptors (Lipinski definition) is 5. The molecule has 3 heterocycles. The average molecular weight is 540 g/mol. The summed E-state index contributed by atoms with van der Waals surface area (Å²) in [6.45, 7) is 7.60. The third-order valence-corrected chi connectivity index (χ3v) is 6.87. The quantitative estimate of drug-likeness (QED) is 0.426. The molecule has 4 rings (SSSR count). The Labute approximate surface area is 227 Å². The molecule has 1 aromatic carbocycles. The van der Waals surface area contributed by atoms with Crippen molar-refractivity contribution in [2.45, 2.75) is 70.7 Å². The maximum absolute atomic E-state index is 13.4. The van der Waals surface area contributed by atoms with E-state index in [0.29, 0.717) is 30.1 Å². The molecule has 1 aliphatic heterocycles. The molecule has 0 aliphatic carbocycles. The van der Waals surface area contributed by atoms with Gasteiger partial charge in [-0.1, -0.05) is 41.9 Å². The highest BCUT2D eigenvalue weighted by molar-refractivity contribution is 6.35. The summed E-state index contributed by atoms with van der Waals surface area (Å²) in [7, 11) is 0. The molecule has 1 saturated heterocycles. The zero-order valence-electron chi connectivity index (χ0n) is 22.1. The number of nitrogens with zero attached hydrogens (tertiary/aromatic N) is 2. The molecule has 9 nitrogen and oxygen atoms in total. The van der Waals surface area contributed by atoms with Crippen molar-refractivity contribution in [1.82, 2.24) is 25.5 Å². The largest absolute Gasteiger partial charge is 0.444 e. The summed E-state index contributed by atoms with van der Waals surface area (Å²) < 4.78 is 5.58. The molecule has 1 fully saturated rings. The summed E-state index contributed by atoms with van der Waals surface area (Å²) in [5, 5.41) is 6.95. The number of likely N-dealkylation sites (tertiary alicyclic amines) is 1. The van der Waals surface area contributed by atoms with Crippen LogP contribution in [-0.4, -0.2) is 57.0 Å². The van der Waals surface area contributed by atoms with E-state index in [0.717, 1.165) is 16.5 Å². The first-order valence-corrected chi connectivity index (χ1v) is 13.1. The summed E-state index contributed by atoms with van der Waals surface area (Å²) in [4.78, 5) is 48.0. The van der Waals surface area contributed by atoms with E-state index in [9.17, 15) is 14.4 Å². The van der Waals surface area contributed by atoms with Gasteiger partial charge in [0.25, 0.3) is 0 Å². The molecule has 0 saturated carbocycles. The van der Waals surface area contributed by atoms with Crippen LogP contribution in [0, 0.1) is 0 Å². The molecule has 38 heavy (non-hydrogen) atoms. The number of carbonyl (C=O) groups excluding carboxylic acids is 3. The van der Waals surface area contributed by atoms with E-state index in [-0.39, 0.29) is 24.3 Å². The number of amides is 3. The number of pyridine rings is 1. The van der Waals surface area contributed by atoms with Gasteiger partial charge in [0.2, 0.25) is 11.8 Å². The van der Waals surface area contributed by atoms with E-state index in [1.807, 2.05) is 36.4 Å². The summed E-state index contributed by atoms with van der Waals surface area (Å²) in [6, 6.07) is 10.2. The van der Waals surface area contributed by atoms with Crippen LogP contribution in [0.5, 0.6) is 0 Å². The van der Waals surface area contributed by atoms with Gasteiger partial charge in [0.15, 0.2) is 0 Å². The average Bonchev–Trinajstić information content (AvgIpc) is 3.26. The van der Waals surface area contributed by atoms with Crippen molar-refractivity contribution >= 4 is 40.5 Å². The molecule has 0 spiro atoms. The number of aromatic amines is 1. The minimum Gasteiger partial charge on any atom is -0.444 e. The van der Waals surface area contributed by atoms with Gasteiger partial charge in [0, 0.05) is 30.9 Å². The Morgan fingerprint density at radius 3 is 2.68 bits per heavy atom. The molecule has 10 heteroatoms. The molecular weight excluding hydrogens is 506 g/mol. The Morgan fingerprint density at radius 1 is 1.24 bits per heavy atom. The van der Waals surface area contributed by atoms with Crippen molar-refractivity contribution in [1.29, 1.82) is 0 Å². The lowest BCUT2D eigenvalue weighted by atomic mass is 9.85. The van der Waals surface area contributed by atoms with Gasteiger partial charge in [0.1, 0.15) is 23.3 Å². The van der Waals surface area contributed by atoms with Crippen LogP contribution in [0.15, 0.2) is 48.8 Å². The zero-order chi connectivity index (χ0) is 27.4. The second-order valence-corrected chi connectivity index (χ2v) is 11.1. The SMILES string of the molecule is C[C@H](NC(=O)[C@H]1C[C@@H](c2ccccc2)CCN1C(=O)OC(C)(C)C)C(=O)NCc1cnc2[nH]cc(Cl)c2c1. The first-order chi connectivity index (χ1) is 18.0. The van der Waals surface area contributed by atoms with Crippen LogP contribution in [0.2, 0.25) is 5.02 Å². The summed E-state index contributed by atoms with van der Waals surface area (Å²) in [6.07, 6.45) is 3.93. The lowest BCUT2D eigenvalue weighted by Crippen LogP contribution is -2.57. The zero-order valence-corrected chi connectivity index (χ0v) is 22.8. The predicted octanol–water partition coefficient (Wildman–Crippen LogP) is 4.52. The fraction of sp³-hybridized carbons (Fsp3) is 0.429. The minimum atomic E-state index is -0.812. The van der Waals surface area contributed by atoms with Crippen molar-refractivity contribution in [3.05, 3.63) is 64.9 Å². The smallest absolute Gasteiger partial charge is 0.410 e. The van der Waals surface area contributed by atoms with Crippen molar-refractivity contribution in [2.75, 3.05) is 6.54 Å². The van der Waals surface area contributed by atoms with Gasteiger partial charge in [0.05, 0.1) is 5.02 Å². The molecule has 3 N–H and O–H groups in total. The number of halogens is 1. The minimum absolute atomic E-state index is 0.109. The number of hydrogen-bond donors (Lipinski definition) is 3.